The highest BCUT2D eigenvalue weighted by Gasteiger charge is 2.13. The number of methoxy groups -OCH3 is 1. The van der Waals surface area contributed by atoms with Gasteiger partial charge in [0.15, 0.2) is 0 Å². The number of hydrogen-bond acceptors (Lipinski definition) is 3. The summed E-state index contributed by atoms with van der Waals surface area (Å²) in [6.45, 7) is -0.111. The normalized spacial score (nSPS) is 9.87. The molecule has 1 rings (SSSR count). The van der Waals surface area contributed by atoms with Crippen LogP contribution in [-0.2, 0) is 11.3 Å². The molecule has 5 heteroatoms. The first-order valence-electron chi connectivity index (χ1n) is 4.17. The van der Waals surface area contributed by atoms with E-state index in [1.165, 1.54) is 31.4 Å². The SMILES string of the molecule is COc1ccc(C(F)F)c(CN=C=O)c1. The Labute approximate surface area is 85.4 Å². The van der Waals surface area contributed by atoms with Crippen molar-refractivity contribution in [2.75, 3.05) is 7.11 Å². The van der Waals surface area contributed by atoms with Crippen molar-refractivity contribution >= 4 is 6.08 Å². The molecule has 0 heterocycles. The molecular weight excluding hydrogens is 204 g/mol. The quantitative estimate of drug-likeness (QED) is 0.569. The Balaban J connectivity index is 3.09. The number of nitrogens with zero attached hydrogens (tertiary/aromatic N) is 1. The highest BCUT2D eigenvalue weighted by Crippen LogP contribution is 2.26. The van der Waals surface area contributed by atoms with Crippen LogP contribution >= 0.6 is 0 Å². The minimum absolute atomic E-state index is 0.111. The number of alkyl halides is 2. The molecule has 1 aromatic rings. The molecule has 0 saturated heterocycles. The number of carbonyl (C=O) groups excluding carboxylic acids is 1. The summed E-state index contributed by atoms with van der Waals surface area (Å²) in [4.78, 5) is 13.2. The molecule has 0 spiro atoms. The summed E-state index contributed by atoms with van der Waals surface area (Å²) in [5.74, 6) is 0.454. The molecule has 3 nitrogen and oxygen atoms in total. The molecule has 0 aliphatic heterocycles. The second kappa shape index (κ2) is 5.22. The maximum Gasteiger partial charge on any atom is 0.264 e. The van der Waals surface area contributed by atoms with E-state index in [1.54, 1.807) is 0 Å². The number of benzene rings is 1. The highest BCUT2D eigenvalue weighted by molar-refractivity contribution is 5.39. The largest absolute Gasteiger partial charge is 0.497 e. The molecular formula is C10H9F2NO2. The third-order valence-corrected chi connectivity index (χ3v) is 1.90. The summed E-state index contributed by atoms with van der Waals surface area (Å²) in [6.07, 6.45) is -1.28. The molecule has 0 fully saturated rings. The summed E-state index contributed by atoms with van der Waals surface area (Å²) in [5.41, 5.74) is 0.127. The van der Waals surface area contributed by atoms with E-state index in [1.807, 2.05) is 0 Å². The summed E-state index contributed by atoms with van der Waals surface area (Å²) in [5, 5.41) is 0. The third-order valence-electron chi connectivity index (χ3n) is 1.90. The number of isocyanates is 1. The lowest BCUT2D eigenvalue weighted by Gasteiger charge is -2.08. The van der Waals surface area contributed by atoms with Gasteiger partial charge in [-0.25, -0.2) is 18.6 Å². The predicted molar refractivity (Wildman–Crippen MR) is 49.8 cm³/mol. The monoisotopic (exact) mass is 213 g/mol. The Hall–Kier alpha value is -1.74. The van der Waals surface area contributed by atoms with Gasteiger partial charge in [0.25, 0.3) is 6.43 Å². The number of rotatable bonds is 4. The second-order valence-corrected chi connectivity index (χ2v) is 2.77. The molecule has 0 aliphatic rings. The molecule has 0 bridgehead atoms. The first kappa shape index (κ1) is 11.3. The van der Waals surface area contributed by atoms with Gasteiger partial charge in [0.2, 0.25) is 6.08 Å². The van der Waals surface area contributed by atoms with Gasteiger partial charge in [-0.3, -0.25) is 0 Å². The minimum Gasteiger partial charge on any atom is -0.497 e. The summed E-state index contributed by atoms with van der Waals surface area (Å²) < 4.78 is 29.9. The Bertz CT molecular complexity index is 387. The van der Waals surface area contributed by atoms with E-state index in [4.69, 9.17) is 4.74 Å². The van der Waals surface area contributed by atoms with Gasteiger partial charge in [-0.15, -0.1) is 0 Å². The van der Waals surface area contributed by atoms with Crippen LogP contribution in [0.5, 0.6) is 5.75 Å². The molecule has 0 aliphatic carbocycles. The van der Waals surface area contributed by atoms with Crippen LogP contribution in [0.25, 0.3) is 0 Å². The molecule has 0 N–H and O–H groups in total. The highest BCUT2D eigenvalue weighted by atomic mass is 19.3. The van der Waals surface area contributed by atoms with E-state index >= 15 is 0 Å². The van der Waals surface area contributed by atoms with Crippen LogP contribution in [0.1, 0.15) is 17.6 Å². The van der Waals surface area contributed by atoms with Gasteiger partial charge in [0, 0.05) is 5.56 Å². The van der Waals surface area contributed by atoms with E-state index in [0.717, 1.165) is 0 Å². The van der Waals surface area contributed by atoms with E-state index in [0.29, 0.717) is 5.75 Å². The standard InChI is InChI=1S/C10H9F2NO2/c1-15-8-2-3-9(10(11)12)7(4-8)5-13-6-14/h2-4,10H,5H2,1H3. The first-order valence-corrected chi connectivity index (χ1v) is 4.17. The first-order chi connectivity index (χ1) is 7.19. The number of ether oxygens (including phenoxy) is 1. The van der Waals surface area contributed by atoms with Crippen molar-refractivity contribution in [1.29, 1.82) is 0 Å². The van der Waals surface area contributed by atoms with Gasteiger partial charge in [0.05, 0.1) is 13.7 Å². The van der Waals surface area contributed by atoms with E-state index in [9.17, 15) is 13.6 Å². The lowest BCUT2D eigenvalue weighted by atomic mass is 10.1. The van der Waals surface area contributed by atoms with Gasteiger partial charge in [0.1, 0.15) is 5.75 Å². The van der Waals surface area contributed by atoms with Crippen molar-refractivity contribution in [1.82, 2.24) is 0 Å². The van der Waals surface area contributed by atoms with Crippen molar-refractivity contribution in [2.45, 2.75) is 13.0 Å². The number of halogens is 2. The summed E-state index contributed by atoms with van der Waals surface area (Å²) in [7, 11) is 1.43. The fourth-order valence-electron chi connectivity index (χ4n) is 1.18. The average Bonchev–Trinajstić information content (AvgIpc) is 2.25. The molecule has 15 heavy (non-hydrogen) atoms. The smallest absolute Gasteiger partial charge is 0.264 e. The van der Waals surface area contributed by atoms with Gasteiger partial charge in [-0.05, 0) is 23.8 Å². The second-order valence-electron chi connectivity index (χ2n) is 2.77. The van der Waals surface area contributed by atoms with E-state index in [2.05, 4.69) is 4.99 Å². The zero-order valence-corrected chi connectivity index (χ0v) is 8.04. The molecule has 0 aromatic heterocycles. The topological polar surface area (TPSA) is 38.7 Å². The summed E-state index contributed by atoms with van der Waals surface area (Å²) in [6, 6.07) is 4.14. The molecule has 0 radical (unpaired) electrons. The van der Waals surface area contributed by atoms with Gasteiger partial charge < -0.3 is 4.74 Å². The van der Waals surface area contributed by atoms with Gasteiger partial charge >= 0.3 is 0 Å². The van der Waals surface area contributed by atoms with Crippen molar-refractivity contribution in [3.8, 4) is 5.75 Å². The van der Waals surface area contributed by atoms with Crippen molar-refractivity contribution in [3.63, 3.8) is 0 Å². The van der Waals surface area contributed by atoms with Crippen molar-refractivity contribution in [2.24, 2.45) is 4.99 Å². The lowest BCUT2D eigenvalue weighted by molar-refractivity contribution is 0.150. The van der Waals surface area contributed by atoms with Crippen molar-refractivity contribution < 1.29 is 18.3 Å². The molecule has 0 saturated carbocycles. The molecule has 0 unspecified atom stereocenters. The van der Waals surface area contributed by atoms with Gasteiger partial charge in [-0.1, -0.05) is 0 Å². The molecule has 1 aromatic carbocycles. The maximum absolute atomic E-state index is 12.5. The van der Waals surface area contributed by atoms with Crippen LogP contribution in [0.15, 0.2) is 23.2 Å². The average molecular weight is 213 g/mol. The van der Waals surface area contributed by atoms with E-state index in [-0.39, 0.29) is 17.7 Å². The third kappa shape index (κ3) is 2.86. The van der Waals surface area contributed by atoms with Crippen LogP contribution in [0.3, 0.4) is 0 Å². The minimum atomic E-state index is -2.59. The van der Waals surface area contributed by atoms with Crippen molar-refractivity contribution in [3.05, 3.63) is 29.3 Å². The van der Waals surface area contributed by atoms with Crippen LogP contribution in [-0.4, -0.2) is 13.2 Å². The lowest BCUT2D eigenvalue weighted by Crippen LogP contribution is -1.95. The predicted octanol–water partition coefficient (Wildman–Crippen LogP) is 2.47. The van der Waals surface area contributed by atoms with Crippen LogP contribution in [0.2, 0.25) is 0 Å². The summed E-state index contributed by atoms with van der Waals surface area (Å²) >= 11 is 0. The zero-order chi connectivity index (χ0) is 11.3. The van der Waals surface area contributed by atoms with Gasteiger partial charge in [-0.2, -0.15) is 0 Å². The van der Waals surface area contributed by atoms with Crippen LogP contribution in [0.4, 0.5) is 8.78 Å². The molecule has 0 amide bonds. The Morgan fingerprint density at radius 2 is 2.27 bits per heavy atom. The molecule has 0 atom stereocenters. The Morgan fingerprint density at radius 3 is 2.80 bits per heavy atom. The number of hydrogen-bond donors (Lipinski definition) is 0. The fraction of sp³-hybridized carbons (Fsp3) is 0.300. The fourth-order valence-corrected chi connectivity index (χ4v) is 1.18. The van der Waals surface area contributed by atoms with Crippen LogP contribution < -0.4 is 4.74 Å². The van der Waals surface area contributed by atoms with Crippen LogP contribution in [0, 0.1) is 0 Å². The van der Waals surface area contributed by atoms with E-state index < -0.39 is 6.43 Å². The maximum atomic E-state index is 12.5. The zero-order valence-electron chi connectivity index (χ0n) is 8.04. The molecule has 80 valence electrons. The number of aliphatic imine (C=N–C) groups is 1. The Morgan fingerprint density at radius 1 is 1.53 bits per heavy atom. The Kier molecular flexibility index (Phi) is 3.94.